The molecule has 0 aliphatic heterocycles. The number of hydrogen-bond donors (Lipinski definition) is 3. The van der Waals surface area contributed by atoms with Crippen LogP contribution >= 0.6 is 15.6 Å². The molecule has 17 nitrogen and oxygen atoms in total. The van der Waals surface area contributed by atoms with Gasteiger partial charge in [-0.05, 0) is 43.4 Å². The van der Waals surface area contributed by atoms with Gasteiger partial charge in [0.25, 0.3) is 0 Å². The van der Waals surface area contributed by atoms with Crippen LogP contribution in [0.25, 0.3) is 0 Å². The largest absolute Gasteiger partial charge is 0.472 e. The number of carbonyl (C=O) groups is 4. The Kier molecular flexibility index (Phi) is 63.4. The third-order valence-electron chi connectivity index (χ3n) is 17.1. The predicted molar refractivity (Wildman–Crippen MR) is 377 cm³/mol. The Labute approximate surface area is 568 Å². The van der Waals surface area contributed by atoms with E-state index in [1.165, 1.54) is 186 Å². The molecule has 93 heavy (non-hydrogen) atoms. The van der Waals surface area contributed by atoms with Crippen molar-refractivity contribution >= 4 is 39.5 Å². The normalized spacial score (nSPS) is 14.1. The van der Waals surface area contributed by atoms with Gasteiger partial charge in [-0.25, -0.2) is 9.13 Å². The summed E-state index contributed by atoms with van der Waals surface area (Å²) >= 11 is 0. The van der Waals surface area contributed by atoms with Crippen LogP contribution in [0.5, 0.6) is 0 Å². The Morgan fingerprint density at radius 1 is 0.290 bits per heavy atom. The Morgan fingerprint density at radius 2 is 0.495 bits per heavy atom. The van der Waals surface area contributed by atoms with Crippen LogP contribution in [0.3, 0.4) is 0 Å². The number of aliphatic hydroxyl groups excluding tert-OH is 1. The van der Waals surface area contributed by atoms with Crippen molar-refractivity contribution in [3.63, 3.8) is 0 Å². The second-order valence-corrected chi connectivity index (χ2v) is 31.0. The van der Waals surface area contributed by atoms with E-state index in [-0.39, 0.29) is 25.7 Å². The molecule has 19 heteroatoms. The van der Waals surface area contributed by atoms with Crippen LogP contribution in [0.15, 0.2) is 0 Å². The van der Waals surface area contributed by atoms with Crippen molar-refractivity contribution in [1.82, 2.24) is 0 Å². The van der Waals surface area contributed by atoms with Gasteiger partial charge in [0, 0.05) is 25.7 Å². The first-order valence-electron chi connectivity index (χ1n) is 38.3. The van der Waals surface area contributed by atoms with Gasteiger partial charge < -0.3 is 33.8 Å². The highest BCUT2D eigenvalue weighted by molar-refractivity contribution is 7.47. The van der Waals surface area contributed by atoms with Crippen molar-refractivity contribution in [2.75, 3.05) is 39.6 Å². The smallest absolute Gasteiger partial charge is 0.462 e. The first-order chi connectivity index (χ1) is 44.7. The molecule has 0 saturated heterocycles. The summed E-state index contributed by atoms with van der Waals surface area (Å²) in [4.78, 5) is 72.7. The van der Waals surface area contributed by atoms with Crippen LogP contribution in [-0.4, -0.2) is 96.7 Å². The second kappa shape index (κ2) is 64.7. The van der Waals surface area contributed by atoms with Gasteiger partial charge in [0.2, 0.25) is 0 Å². The van der Waals surface area contributed by atoms with Gasteiger partial charge in [-0.1, -0.05) is 325 Å². The van der Waals surface area contributed by atoms with E-state index >= 15 is 0 Å². The van der Waals surface area contributed by atoms with Gasteiger partial charge in [0.1, 0.15) is 19.3 Å². The molecule has 3 N–H and O–H groups in total. The van der Waals surface area contributed by atoms with Crippen LogP contribution < -0.4 is 0 Å². The van der Waals surface area contributed by atoms with E-state index in [1.807, 2.05) is 0 Å². The molecule has 0 rings (SSSR count). The Morgan fingerprint density at radius 3 is 0.731 bits per heavy atom. The second-order valence-electron chi connectivity index (χ2n) is 28.1. The Hall–Kier alpha value is -1.94. The summed E-state index contributed by atoms with van der Waals surface area (Å²) in [5.41, 5.74) is 0. The highest BCUT2D eigenvalue weighted by Gasteiger charge is 2.30. The molecule has 0 aliphatic rings. The summed E-state index contributed by atoms with van der Waals surface area (Å²) in [5.74, 6) is 0.119. The van der Waals surface area contributed by atoms with E-state index < -0.39 is 97.5 Å². The molecule has 0 radical (unpaired) electrons. The van der Waals surface area contributed by atoms with Crippen LogP contribution in [0.4, 0.5) is 0 Å². The lowest BCUT2D eigenvalue weighted by atomic mass is 10.0. The van der Waals surface area contributed by atoms with Gasteiger partial charge in [0.05, 0.1) is 26.4 Å². The maximum atomic E-state index is 13.1. The van der Waals surface area contributed by atoms with Crippen molar-refractivity contribution in [2.24, 2.45) is 17.8 Å². The minimum Gasteiger partial charge on any atom is -0.462 e. The van der Waals surface area contributed by atoms with Crippen molar-refractivity contribution in [1.29, 1.82) is 0 Å². The minimum absolute atomic E-state index is 0.105. The van der Waals surface area contributed by atoms with Gasteiger partial charge >= 0.3 is 39.5 Å². The molecule has 0 fully saturated rings. The summed E-state index contributed by atoms with van der Waals surface area (Å²) in [5, 5.41) is 10.6. The van der Waals surface area contributed by atoms with Crippen LogP contribution in [0.1, 0.15) is 376 Å². The zero-order chi connectivity index (χ0) is 68.7. The number of rotatable bonds is 72. The molecular weight excluding hydrogens is 1220 g/mol. The molecule has 0 aromatic carbocycles. The summed E-state index contributed by atoms with van der Waals surface area (Å²) in [6, 6.07) is 0. The number of phosphoric acid groups is 2. The molecule has 5 atom stereocenters. The predicted octanol–water partition coefficient (Wildman–Crippen LogP) is 21.4. The lowest BCUT2D eigenvalue weighted by Crippen LogP contribution is -2.30. The van der Waals surface area contributed by atoms with Crippen molar-refractivity contribution < 1.29 is 80.2 Å². The van der Waals surface area contributed by atoms with E-state index in [9.17, 15) is 43.2 Å². The quantitative estimate of drug-likeness (QED) is 0.0222. The monoisotopic (exact) mass is 1370 g/mol. The Balaban J connectivity index is 5.26. The average Bonchev–Trinajstić information content (AvgIpc) is 2.18. The van der Waals surface area contributed by atoms with Crippen molar-refractivity contribution in [3.8, 4) is 0 Å². The van der Waals surface area contributed by atoms with Gasteiger partial charge in [0.15, 0.2) is 12.2 Å². The van der Waals surface area contributed by atoms with Gasteiger partial charge in [-0.2, -0.15) is 0 Å². The number of aliphatic hydroxyl groups is 1. The summed E-state index contributed by atoms with van der Waals surface area (Å²) < 4.78 is 68.5. The number of hydrogen-bond acceptors (Lipinski definition) is 15. The topological polar surface area (TPSA) is 237 Å². The highest BCUT2D eigenvalue weighted by atomic mass is 31.2. The minimum atomic E-state index is -4.96. The fourth-order valence-corrected chi connectivity index (χ4v) is 12.8. The van der Waals surface area contributed by atoms with Crippen LogP contribution in [-0.2, 0) is 65.4 Å². The van der Waals surface area contributed by atoms with E-state index in [1.54, 1.807) is 0 Å². The van der Waals surface area contributed by atoms with Crippen molar-refractivity contribution in [3.05, 3.63) is 0 Å². The molecular formula is C74H144O17P2. The first kappa shape index (κ1) is 91.1. The third-order valence-corrected chi connectivity index (χ3v) is 19.0. The number of ether oxygens (including phenoxy) is 4. The zero-order valence-electron chi connectivity index (χ0n) is 60.7. The molecule has 0 heterocycles. The number of esters is 4. The fourth-order valence-electron chi connectivity index (χ4n) is 11.2. The van der Waals surface area contributed by atoms with Crippen LogP contribution in [0, 0.1) is 17.8 Å². The van der Waals surface area contributed by atoms with Gasteiger partial charge in [-0.3, -0.25) is 37.3 Å². The van der Waals surface area contributed by atoms with E-state index in [0.717, 1.165) is 108 Å². The molecule has 0 spiro atoms. The molecule has 2 unspecified atom stereocenters. The number of carbonyl (C=O) groups excluding carboxylic acids is 4. The molecule has 0 saturated carbocycles. The number of phosphoric ester groups is 2. The maximum absolute atomic E-state index is 13.1. The van der Waals surface area contributed by atoms with Crippen molar-refractivity contribution in [2.45, 2.75) is 394 Å². The molecule has 0 bridgehead atoms. The van der Waals surface area contributed by atoms with E-state index in [2.05, 4.69) is 48.5 Å². The molecule has 0 aliphatic carbocycles. The molecule has 0 amide bonds. The average molecular weight is 1370 g/mol. The molecule has 0 aromatic heterocycles. The summed E-state index contributed by atoms with van der Waals surface area (Å²) in [7, 11) is -9.91. The lowest BCUT2D eigenvalue weighted by Gasteiger charge is -2.21. The van der Waals surface area contributed by atoms with E-state index in [0.29, 0.717) is 25.7 Å². The molecule has 552 valence electrons. The first-order valence-corrected chi connectivity index (χ1v) is 41.3. The van der Waals surface area contributed by atoms with Crippen LogP contribution in [0.2, 0.25) is 0 Å². The molecule has 0 aromatic rings. The highest BCUT2D eigenvalue weighted by Crippen LogP contribution is 2.45. The number of unbranched alkanes of at least 4 members (excludes halogenated alkanes) is 40. The lowest BCUT2D eigenvalue weighted by molar-refractivity contribution is -0.161. The zero-order valence-corrected chi connectivity index (χ0v) is 62.5. The summed E-state index contributed by atoms with van der Waals surface area (Å²) in [6.07, 6.45) is 49.9. The standard InChI is InChI=1S/C74H144O17P2/c1-8-9-10-11-12-13-14-15-16-17-21-26-34-41-48-55-71(76)84-61-69(90-73(78)57-50-43-36-27-22-19-18-20-24-31-38-45-52-65(2)3)63-88-92(80,81)86-59-68(75)60-87-93(82,83)89-64-70(62-85-72(77)56-49-42-35-30-29-33-40-47-54-67(6)7)91-74(79)58-51-44-37-28-23-25-32-39-46-53-66(4)5/h65-70,75H,8-64H2,1-7H3,(H,80,81)(H,82,83)/t68-,69-,70-/m1/s1. The Bertz CT molecular complexity index is 1820. The van der Waals surface area contributed by atoms with E-state index in [4.69, 9.17) is 37.0 Å². The SMILES string of the molecule is CCCCCCCCCCCCCCCCCC(=O)OC[C@H](COP(=O)(O)OC[C@@H](O)COP(=O)(O)OC[C@@H](COC(=O)CCCCCCCCCCC(C)C)OC(=O)CCCCCCCCCCCC(C)C)OC(=O)CCCCCCCCCCCCCCC(C)C. The maximum Gasteiger partial charge on any atom is 0.472 e. The summed E-state index contributed by atoms with van der Waals surface area (Å²) in [6.45, 7) is 11.8. The third kappa shape index (κ3) is 68.4. The van der Waals surface area contributed by atoms with Gasteiger partial charge in [-0.15, -0.1) is 0 Å². The fraction of sp³-hybridized carbons (Fsp3) is 0.946.